The van der Waals surface area contributed by atoms with Crippen molar-refractivity contribution in [3.63, 3.8) is 0 Å². The van der Waals surface area contributed by atoms with Crippen LogP contribution in [0.25, 0.3) is 0 Å². The average molecular weight is 238 g/mol. The Bertz CT molecular complexity index is 364. The molecule has 17 heavy (non-hydrogen) atoms. The lowest BCUT2D eigenvalue weighted by atomic mass is 10.1. The van der Waals surface area contributed by atoms with Gasteiger partial charge < -0.3 is 15.4 Å². The van der Waals surface area contributed by atoms with Crippen molar-refractivity contribution in [3.05, 3.63) is 18.5 Å². The minimum atomic E-state index is -0.0645. The second-order valence-corrected chi connectivity index (χ2v) is 4.31. The highest BCUT2D eigenvalue weighted by Crippen LogP contribution is 2.08. The van der Waals surface area contributed by atoms with Crippen LogP contribution in [0.4, 0.5) is 0 Å². The fourth-order valence-corrected chi connectivity index (χ4v) is 1.85. The van der Waals surface area contributed by atoms with Crippen LogP contribution < -0.4 is 5.73 Å². The van der Waals surface area contributed by atoms with Gasteiger partial charge in [0.05, 0.1) is 12.7 Å². The number of amides is 1. The van der Waals surface area contributed by atoms with Crippen molar-refractivity contribution in [1.82, 2.24) is 14.7 Å². The molecule has 1 fully saturated rings. The molecule has 1 amide bonds. The number of nitrogens with two attached hydrogens (primary N) is 1. The van der Waals surface area contributed by atoms with Gasteiger partial charge in [0.2, 0.25) is 5.91 Å². The molecule has 2 unspecified atom stereocenters. The summed E-state index contributed by atoms with van der Waals surface area (Å²) < 4.78 is 7.14. The summed E-state index contributed by atoms with van der Waals surface area (Å²) >= 11 is 0. The monoisotopic (exact) mass is 238 g/mol. The minimum absolute atomic E-state index is 0.0580. The Kier molecular flexibility index (Phi) is 3.75. The second kappa shape index (κ2) is 5.29. The summed E-state index contributed by atoms with van der Waals surface area (Å²) in [5.74, 6) is 0.0580. The maximum Gasteiger partial charge on any atom is 0.244 e. The Labute approximate surface area is 100 Å². The maximum atomic E-state index is 12.0. The fraction of sp³-hybridized carbons (Fsp3) is 0.636. The van der Waals surface area contributed by atoms with Gasteiger partial charge in [0, 0.05) is 31.5 Å². The zero-order chi connectivity index (χ0) is 12.3. The van der Waals surface area contributed by atoms with Gasteiger partial charge in [0.15, 0.2) is 0 Å². The van der Waals surface area contributed by atoms with E-state index in [1.54, 1.807) is 28.0 Å². The minimum Gasteiger partial charge on any atom is -0.373 e. The van der Waals surface area contributed by atoms with Crippen LogP contribution in [-0.4, -0.2) is 52.4 Å². The van der Waals surface area contributed by atoms with E-state index < -0.39 is 0 Å². The third-order valence-corrected chi connectivity index (χ3v) is 2.89. The summed E-state index contributed by atoms with van der Waals surface area (Å²) in [7, 11) is 0. The lowest BCUT2D eigenvalue weighted by Gasteiger charge is -2.34. The molecular weight excluding hydrogens is 220 g/mol. The van der Waals surface area contributed by atoms with Crippen LogP contribution in [0.15, 0.2) is 18.5 Å². The summed E-state index contributed by atoms with van der Waals surface area (Å²) in [6.07, 6.45) is 3.38. The van der Waals surface area contributed by atoms with Gasteiger partial charge in [-0.2, -0.15) is 5.10 Å². The first-order valence-corrected chi connectivity index (χ1v) is 5.79. The maximum absolute atomic E-state index is 12.0. The zero-order valence-electron chi connectivity index (χ0n) is 9.95. The molecular formula is C11H18N4O2. The lowest BCUT2D eigenvalue weighted by molar-refractivity contribution is -0.140. The fourth-order valence-electron chi connectivity index (χ4n) is 1.85. The molecule has 2 rings (SSSR count). The molecule has 1 aliphatic heterocycles. The Balaban J connectivity index is 1.91. The predicted molar refractivity (Wildman–Crippen MR) is 62.2 cm³/mol. The molecule has 0 bridgehead atoms. The molecule has 6 nitrogen and oxygen atoms in total. The molecule has 1 aliphatic rings. The number of carbonyl (C=O) groups excluding carboxylic acids is 1. The third-order valence-electron chi connectivity index (χ3n) is 2.89. The van der Waals surface area contributed by atoms with Crippen molar-refractivity contribution >= 4 is 5.91 Å². The van der Waals surface area contributed by atoms with E-state index in [4.69, 9.17) is 10.5 Å². The smallest absolute Gasteiger partial charge is 0.244 e. The quantitative estimate of drug-likeness (QED) is 0.767. The van der Waals surface area contributed by atoms with Gasteiger partial charge >= 0.3 is 0 Å². The Morgan fingerprint density at radius 1 is 1.71 bits per heavy atom. The highest BCUT2D eigenvalue weighted by atomic mass is 16.5. The number of hydrogen-bond donors (Lipinski definition) is 1. The van der Waals surface area contributed by atoms with Gasteiger partial charge in [-0.05, 0) is 13.0 Å². The van der Waals surface area contributed by atoms with Gasteiger partial charge in [-0.15, -0.1) is 0 Å². The number of rotatable bonds is 3. The molecule has 2 N–H and O–H groups in total. The van der Waals surface area contributed by atoms with Crippen LogP contribution in [0.3, 0.4) is 0 Å². The highest BCUT2D eigenvalue weighted by Gasteiger charge is 2.26. The predicted octanol–water partition coefficient (Wildman–Crippen LogP) is -0.542. The first kappa shape index (κ1) is 12.1. The zero-order valence-corrected chi connectivity index (χ0v) is 9.95. The van der Waals surface area contributed by atoms with E-state index in [0.29, 0.717) is 19.7 Å². The Morgan fingerprint density at radius 2 is 2.53 bits per heavy atom. The molecule has 0 spiro atoms. The molecule has 94 valence electrons. The molecule has 6 heteroatoms. The van der Waals surface area contributed by atoms with Crippen LogP contribution in [0, 0.1) is 0 Å². The van der Waals surface area contributed by atoms with Crippen LogP contribution in [0.5, 0.6) is 0 Å². The van der Waals surface area contributed by atoms with Crippen LogP contribution in [-0.2, 0) is 16.1 Å². The average Bonchev–Trinajstić information content (AvgIpc) is 2.82. The first-order chi connectivity index (χ1) is 8.16. The summed E-state index contributed by atoms with van der Waals surface area (Å²) in [4.78, 5) is 13.8. The van der Waals surface area contributed by atoms with E-state index in [1.807, 2.05) is 6.92 Å². The van der Waals surface area contributed by atoms with Crippen LogP contribution in [0.1, 0.15) is 6.92 Å². The Morgan fingerprint density at radius 3 is 3.18 bits per heavy atom. The summed E-state index contributed by atoms with van der Waals surface area (Å²) in [6.45, 7) is 3.92. The molecule has 1 aromatic heterocycles. The standard InChI is InChI=1S/C11H18N4O2/c1-9(12)10-7-14(5-6-17-10)11(16)8-15-4-2-3-13-15/h2-4,9-10H,5-8,12H2,1H3. The molecule has 0 aromatic carbocycles. The highest BCUT2D eigenvalue weighted by molar-refractivity contribution is 5.76. The molecule has 0 saturated carbocycles. The van der Waals surface area contributed by atoms with Gasteiger partial charge in [-0.1, -0.05) is 0 Å². The number of nitrogens with zero attached hydrogens (tertiary/aromatic N) is 3. The number of carbonyl (C=O) groups is 1. The van der Waals surface area contributed by atoms with Crippen molar-refractivity contribution in [2.24, 2.45) is 5.73 Å². The van der Waals surface area contributed by atoms with E-state index in [0.717, 1.165) is 0 Å². The van der Waals surface area contributed by atoms with Crippen molar-refractivity contribution in [1.29, 1.82) is 0 Å². The molecule has 1 aromatic rings. The number of morpholine rings is 1. The van der Waals surface area contributed by atoms with Gasteiger partial charge in [-0.25, -0.2) is 0 Å². The summed E-state index contributed by atoms with van der Waals surface area (Å²) in [5.41, 5.74) is 5.79. The van der Waals surface area contributed by atoms with E-state index in [1.165, 1.54) is 0 Å². The lowest BCUT2D eigenvalue weighted by Crippen LogP contribution is -2.52. The second-order valence-electron chi connectivity index (χ2n) is 4.31. The summed E-state index contributed by atoms with van der Waals surface area (Å²) in [6, 6.07) is 1.74. The van der Waals surface area contributed by atoms with Crippen molar-refractivity contribution in [2.45, 2.75) is 25.6 Å². The van der Waals surface area contributed by atoms with Crippen molar-refractivity contribution < 1.29 is 9.53 Å². The first-order valence-electron chi connectivity index (χ1n) is 5.79. The van der Waals surface area contributed by atoms with Crippen molar-refractivity contribution in [2.75, 3.05) is 19.7 Å². The molecule has 2 heterocycles. The van der Waals surface area contributed by atoms with E-state index in [9.17, 15) is 4.79 Å². The Hall–Kier alpha value is -1.40. The van der Waals surface area contributed by atoms with Crippen LogP contribution in [0.2, 0.25) is 0 Å². The number of hydrogen-bond acceptors (Lipinski definition) is 4. The topological polar surface area (TPSA) is 73.4 Å². The van der Waals surface area contributed by atoms with Gasteiger partial charge in [0.1, 0.15) is 6.54 Å². The van der Waals surface area contributed by atoms with E-state index in [2.05, 4.69) is 5.10 Å². The number of aromatic nitrogens is 2. The molecule has 2 atom stereocenters. The third kappa shape index (κ3) is 3.04. The SMILES string of the molecule is CC(N)C1CN(C(=O)Cn2cccn2)CCO1. The van der Waals surface area contributed by atoms with E-state index >= 15 is 0 Å². The summed E-state index contributed by atoms with van der Waals surface area (Å²) in [5, 5.41) is 4.02. The van der Waals surface area contributed by atoms with Crippen molar-refractivity contribution in [3.8, 4) is 0 Å². The molecule has 0 aliphatic carbocycles. The molecule has 1 saturated heterocycles. The largest absolute Gasteiger partial charge is 0.373 e. The number of ether oxygens (including phenoxy) is 1. The van der Waals surface area contributed by atoms with Gasteiger partial charge in [-0.3, -0.25) is 9.48 Å². The molecule has 0 radical (unpaired) electrons. The van der Waals surface area contributed by atoms with Crippen LogP contribution >= 0.6 is 0 Å². The normalized spacial score (nSPS) is 22.5. The van der Waals surface area contributed by atoms with E-state index in [-0.39, 0.29) is 24.6 Å². The van der Waals surface area contributed by atoms with Gasteiger partial charge in [0.25, 0.3) is 0 Å².